The van der Waals surface area contributed by atoms with E-state index in [1.54, 1.807) is 42.5 Å². The number of fused-ring (bicyclic) bond motifs is 1. The molecular formula is C21H24FN3O3S. The van der Waals surface area contributed by atoms with Crippen LogP contribution in [-0.2, 0) is 21.4 Å². The van der Waals surface area contributed by atoms with Crippen LogP contribution < -0.4 is 10.0 Å². The molecule has 0 spiro atoms. The van der Waals surface area contributed by atoms with Crippen molar-refractivity contribution in [1.82, 2.24) is 4.57 Å². The number of amides is 1. The Morgan fingerprint density at radius 2 is 1.72 bits per heavy atom. The molecule has 0 bridgehead atoms. The van der Waals surface area contributed by atoms with Crippen LogP contribution in [0.2, 0.25) is 0 Å². The zero-order valence-corrected chi connectivity index (χ0v) is 17.4. The summed E-state index contributed by atoms with van der Waals surface area (Å²) in [4.78, 5) is 12.2. The molecule has 0 saturated heterocycles. The number of rotatable bonds is 7. The first-order valence-corrected chi connectivity index (χ1v) is 10.7. The van der Waals surface area contributed by atoms with Crippen molar-refractivity contribution in [3.05, 3.63) is 54.7 Å². The highest BCUT2D eigenvalue weighted by atomic mass is 32.2. The molecule has 0 radical (unpaired) electrons. The SMILES string of the molecule is CCn1ccc2cc(S(=O)(=O)Nc3ccc(NC(=O)C(C)(C)CF)cc3)ccc21. The van der Waals surface area contributed by atoms with Gasteiger partial charge in [0.2, 0.25) is 5.91 Å². The Bertz CT molecular complexity index is 1140. The Balaban J connectivity index is 1.76. The minimum atomic E-state index is -3.76. The van der Waals surface area contributed by atoms with Crippen molar-refractivity contribution in [2.45, 2.75) is 32.2 Å². The highest BCUT2D eigenvalue weighted by molar-refractivity contribution is 7.92. The first-order valence-electron chi connectivity index (χ1n) is 9.25. The molecule has 29 heavy (non-hydrogen) atoms. The van der Waals surface area contributed by atoms with Crippen LogP contribution in [0.1, 0.15) is 20.8 Å². The van der Waals surface area contributed by atoms with E-state index >= 15 is 0 Å². The number of nitrogens with one attached hydrogen (secondary N) is 2. The second-order valence-electron chi connectivity index (χ2n) is 7.48. The van der Waals surface area contributed by atoms with Gasteiger partial charge in [0, 0.05) is 35.0 Å². The molecule has 3 aromatic rings. The molecule has 0 atom stereocenters. The molecule has 0 aliphatic heterocycles. The second kappa shape index (κ2) is 7.87. The van der Waals surface area contributed by atoms with E-state index in [1.165, 1.54) is 13.8 Å². The summed E-state index contributed by atoms with van der Waals surface area (Å²) >= 11 is 0. The predicted molar refractivity (Wildman–Crippen MR) is 113 cm³/mol. The summed E-state index contributed by atoms with van der Waals surface area (Å²) < 4.78 is 42.9. The summed E-state index contributed by atoms with van der Waals surface area (Å²) in [5.74, 6) is -0.444. The molecule has 0 aliphatic carbocycles. The van der Waals surface area contributed by atoms with Crippen LogP contribution in [0.4, 0.5) is 15.8 Å². The Morgan fingerprint density at radius 1 is 1.07 bits per heavy atom. The smallest absolute Gasteiger partial charge is 0.261 e. The number of carbonyl (C=O) groups excluding carboxylic acids is 1. The minimum absolute atomic E-state index is 0.168. The lowest BCUT2D eigenvalue weighted by Crippen LogP contribution is -2.32. The maximum atomic E-state index is 12.9. The average molecular weight is 418 g/mol. The van der Waals surface area contributed by atoms with Crippen molar-refractivity contribution >= 4 is 38.2 Å². The lowest BCUT2D eigenvalue weighted by molar-refractivity contribution is -0.124. The van der Waals surface area contributed by atoms with Crippen molar-refractivity contribution in [2.24, 2.45) is 5.41 Å². The molecule has 2 N–H and O–H groups in total. The van der Waals surface area contributed by atoms with Crippen LogP contribution in [0.15, 0.2) is 59.6 Å². The van der Waals surface area contributed by atoms with Crippen molar-refractivity contribution in [3.8, 4) is 0 Å². The van der Waals surface area contributed by atoms with E-state index in [4.69, 9.17) is 0 Å². The largest absolute Gasteiger partial charge is 0.348 e. The normalized spacial score (nSPS) is 12.1. The summed E-state index contributed by atoms with van der Waals surface area (Å²) in [5, 5.41) is 3.47. The van der Waals surface area contributed by atoms with Gasteiger partial charge < -0.3 is 9.88 Å². The topological polar surface area (TPSA) is 80.2 Å². The van der Waals surface area contributed by atoms with Gasteiger partial charge >= 0.3 is 0 Å². The van der Waals surface area contributed by atoms with Crippen LogP contribution >= 0.6 is 0 Å². The van der Waals surface area contributed by atoms with Gasteiger partial charge in [-0.3, -0.25) is 9.52 Å². The Morgan fingerprint density at radius 3 is 2.34 bits per heavy atom. The molecule has 3 rings (SSSR count). The van der Waals surface area contributed by atoms with Crippen molar-refractivity contribution < 1.29 is 17.6 Å². The van der Waals surface area contributed by atoms with Gasteiger partial charge in [-0.05, 0) is 69.3 Å². The number of alkyl halides is 1. The minimum Gasteiger partial charge on any atom is -0.348 e. The third-order valence-electron chi connectivity index (χ3n) is 4.74. The van der Waals surface area contributed by atoms with E-state index in [2.05, 4.69) is 10.0 Å². The number of hydrogen-bond acceptors (Lipinski definition) is 3. The molecule has 154 valence electrons. The van der Waals surface area contributed by atoms with Gasteiger partial charge in [-0.1, -0.05) is 0 Å². The summed E-state index contributed by atoms with van der Waals surface area (Å²) in [6.07, 6.45) is 1.92. The molecule has 0 aliphatic rings. The maximum Gasteiger partial charge on any atom is 0.261 e. The fraction of sp³-hybridized carbons (Fsp3) is 0.286. The lowest BCUT2D eigenvalue weighted by atomic mass is 9.94. The van der Waals surface area contributed by atoms with Crippen LogP contribution in [0, 0.1) is 5.41 Å². The van der Waals surface area contributed by atoms with Crippen LogP contribution in [0.5, 0.6) is 0 Å². The standard InChI is InChI=1S/C21H24FN3O3S/c1-4-25-12-11-15-13-18(9-10-19(15)25)29(27,28)24-17-7-5-16(6-8-17)23-20(26)21(2,3)14-22/h5-13,24H,4,14H2,1-3H3,(H,23,26). The number of anilines is 2. The highest BCUT2D eigenvalue weighted by Gasteiger charge is 2.27. The zero-order chi connectivity index (χ0) is 21.2. The van der Waals surface area contributed by atoms with Crippen molar-refractivity contribution in [1.29, 1.82) is 0 Å². The van der Waals surface area contributed by atoms with Crippen LogP contribution in [0.25, 0.3) is 10.9 Å². The van der Waals surface area contributed by atoms with E-state index in [0.29, 0.717) is 11.4 Å². The number of hydrogen-bond donors (Lipinski definition) is 2. The summed E-state index contributed by atoms with van der Waals surface area (Å²) in [6.45, 7) is 5.07. The monoisotopic (exact) mass is 417 g/mol. The Hall–Kier alpha value is -2.87. The number of benzene rings is 2. The molecule has 1 heterocycles. The number of sulfonamides is 1. The van der Waals surface area contributed by atoms with Gasteiger partial charge in [-0.2, -0.15) is 0 Å². The Labute approximate surface area is 169 Å². The molecule has 0 saturated carbocycles. The third kappa shape index (κ3) is 4.42. The van der Waals surface area contributed by atoms with E-state index in [0.717, 1.165) is 17.4 Å². The highest BCUT2D eigenvalue weighted by Crippen LogP contribution is 2.24. The molecule has 0 unspecified atom stereocenters. The molecule has 6 nitrogen and oxygen atoms in total. The van der Waals surface area contributed by atoms with Crippen molar-refractivity contribution in [2.75, 3.05) is 16.7 Å². The van der Waals surface area contributed by atoms with Gasteiger partial charge in [0.05, 0.1) is 10.3 Å². The van der Waals surface area contributed by atoms with Gasteiger partial charge in [-0.15, -0.1) is 0 Å². The molecular weight excluding hydrogens is 393 g/mol. The number of nitrogens with zero attached hydrogens (tertiary/aromatic N) is 1. The van der Waals surface area contributed by atoms with Gasteiger partial charge in [0.25, 0.3) is 10.0 Å². The predicted octanol–water partition coefficient (Wildman–Crippen LogP) is 4.40. The van der Waals surface area contributed by atoms with Crippen LogP contribution in [0.3, 0.4) is 0 Å². The van der Waals surface area contributed by atoms with Gasteiger partial charge in [-0.25, -0.2) is 12.8 Å². The molecule has 2 aromatic carbocycles. The first kappa shape index (κ1) is 20.9. The van der Waals surface area contributed by atoms with E-state index in [-0.39, 0.29) is 4.90 Å². The maximum absolute atomic E-state index is 12.9. The molecule has 0 fully saturated rings. The molecule has 1 amide bonds. The Kier molecular flexibility index (Phi) is 5.66. The summed E-state index contributed by atoms with van der Waals surface area (Å²) in [5.41, 5.74) is 0.666. The average Bonchev–Trinajstić information content (AvgIpc) is 3.11. The van der Waals surface area contributed by atoms with Crippen molar-refractivity contribution in [3.63, 3.8) is 0 Å². The summed E-state index contributed by atoms with van der Waals surface area (Å²) in [7, 11) is -3.76. The van der Waals surface area contributed by atoms with E-state index < -0.39 is 28.0 Å². The fourth-order valence-corrected chi connectivity index (χ4v) is 3.91. The van der Waals surface area contributed by atoms with E-state index in [1.807, 2.05) is 23.8 Å². The van der Waals surface area contributed by atoms with Crippen LogP contribution in [-0.4, -0.2) is 25.6 Å². The molecule has 1 aromatic heterocycles. The number of aryl methyl sites for hydroxylation is 1. The number of aromatic nitrogens is 1. The number of carbonyl (C=O) groups is 1. The molecule has 8 heteroatoms. The third-order valence-corrected chi connectivity index (χ3v) is 6.12. The number of halogens is 1. The first-order chi connectivity index (χ1) is 13.7. The van der Waals surface area contributed by atoms with Gasteiger partial charge in [0.15, 0.2) is 0 Å². The zero-order valence-electron chi connectivity index (χ0n) is 16.6. The van der Waals surface area contributed by atoms with E-state index in [9.17, 15) is 17.6 Å². The van der Waals surface area contributed by atoms with Gasteiger partial charge in [0.1, 0.15) is 6.67 Å². The summed E-state index contributed by atoms with van der Waals surface area (Å²) in [6, 6.07) is 13.1. The second-order valence-corrected chi connectivity index (χ2v) is 9.16. The lowest BCUT2D eigenvalue weighted by Gasteiger charge is -2.19. The fourth-order valence-electron chi connectivity index (χ4n) is 2.82. The quantitative estimate of drug-likeness (QED) is 0.598.